The third-order valence-corrected chi connectivity index (χ3v) is 4.26. The molecule has 2 N–H and O–H groups in total. The molecular weight excluding hydrogens is 350 g/mol. The Morgan fingerprint density at radius 3 is 2.59 bits per heavy atom. The van der Waals surface area contributed by atoms with Gasteiger partial charge in [0.1, 0.15) is 24.5 Å². The SMILES string of the molecule is CC(=O)CNC(=O)[C@H](C)NC(=O)C1CCCN1C(=O)OCc1ccccc1. The van der Waals surface area contributed by atoms with Crippen LogP contribution < -0.4 is 10.6 Å². The summed E-state index contributed by atoms with van der Waals surface area (Å²) in [6.07, 6.45) is 0.641. The minimum atomic E-state index is -0.806. The highest BCUT2D eigenvalue weighted by Crippen LogP contribution is 2.19. The van der Waals surface area contributed by atoms with Gasteiger partial charge in [-0.3, -0.25) is 19.3 Å². The summed E-state index contributed by atoms with van der Waals surface area (Å²) >= 11 is 0. The Balaban J connectivity index is 1.86. The molecule has 1 heterocycles. The van der Waals surface area contributed by atoms with Crippen LogP contribution in [0.15, 0.2) is 30.3 Å². The minimum Gasteiger partial charge on any atom is -0.445 e. The average molecular weight is 375 g/mol. The molecule has 0 aliphatic carbocycles. The maximum absolute atomic E-state index is 12.5. The number of amides is 3. The van der Waals surface area contributed by atoms with Gasteiger partial charge in [-0.25, -0.2) is 4.79 Å². The Morgan fingerprint density at radius 2 is 1.93 bits per heavy atom. The fourth-order valence-electron chi connectivity index (χ4n) is 2.80. The Kier molecular flexibility index (Phi) is 7.34. The van der Waals surface area contributed by atoms with Crippen LogP contribution in [-0.4, -0.2) is 53.8 Å². The van der Waals surface area contributed by atoms with Crippen molar-refractivity contribution in [2.45, 2.75) is 45.4 Å². The number of likely N-dealkylation sites (tertiary alicyclic amines) is 1. The van der Waals surface area contributed by atoms with Crippen molar-refractivity contribution in [1.29, 1.82) is 0 Å². The van der Waals surface area contributed by atoms with Crippen LogP contribution in [0.3, 0.4) is 0 Å². The largest absolute Gasteiger partial charge is 0.445 e. The number of ketones is 1. The lowest BCUT2D eigenvalue weighted by Gasteiger charge is -2.24. The van der Waals surface area contributed by atoms with Gasteiger partial charge < -0.3 is 15.4 Å². The first kappa shape index (κ1) is 20.4. The molecule has 0 radical (unpaired) electrons. The first-order chi connectivity index (χ1) is 12.9. The lowest BCUT2D eigenvalue weighted by Crippen LogP contribution is -2.52. The molecule has 1 aliphatic heterocycles. The van der Waals surface area contributed by atoms with Crippen LogP contribution in [0, 0.1) is 0 Å². The van der Waals surface area contributed by atoms with E-state index >= 15 is 0 Å². The van der Waals surface area contributed by atoms with Gasteiger partial charge in [-0.15, -0.1) is 0 Å². The van der Waals surface area contributed by atoms with Gasteiger partial charge in [0.05, 0.1) is 6.54 Å². The minimum absolute atomic E-state index is 0.0829. The molecule has 1 fully saturated rings. The molecule has 146 valence electrons. The van der Waals surface area contributed by atoms with E-state index in [1.54, 1.807) is 0 Å². The number of carbonyl (C=O) groups excluding carboxylic acids is 4. The fourth-order valence-corrected chi connectivity index (χ4v) is 2.80. The number of hydrogen-bond donors (Lipinski definition) is 2. The highest BCUT2D eigenvalue weighted by Gasteiger charge is 2.36. The van der Waals surface area contributed by atoms with Gasteiger partial charge in [-0.1, -0.05) is 30.3 Å². The van der Waals surface area contributed by atoms with Gasteiger partial charge in [0.25, 0.3) is 0 Å². The number of nitrogens with zero attached hydrogens (tertiary/aromatic N) is 1. The van der Waals surface area contributed by atoms with E-state index < -0.39 is 30.0 Å². The number of nitrogens with one attached hydrogen (secondary N) is 2. The van der Waals surface area contributed by atoms with E-state index in [2.05, 4.69) is 10.6 Å². The number of carbonyl (C=O) groups is 4. The second-order valence-corrected chi connectivity index (χ2v) is 6.54. The maximum atomic E-state index is 12.5. The summed E-state index contributed by atoms with van der Waals surface area (Å²) in [5.41, 5.74) is 0.863. The van der Waals surface area contributed by atoms with E-state index in [9.17, 15) is 19.2 Å². The van der Waals surface area contributed by atoms with Crippen molar-refractivity contribution >= 4 is 23.7 Å². The third-order valence-electron chi connectivity index (χ3n) is 4.26. The molecule has 2 rings (SSSR count). The van der Waals surface area contributed by atoms with Gasteiger partial charge in [0.15, 0.2) is 0 Å². The Hall–Kier alpha value is -2.90. The lowest BCUT2D eigenvalue weighted by atomic mass is 10.2. The third kappa shape index (κ3) is 6.09. The zero-order valence-electron chi connectivity index (χ0n) is 15.6. The lowest BCUT2D eigenvalue weighted by molar-refractivity contribution is -0.131. The molecular formula is C19H25N3O5. The molecule has 1 aromatic rings. The second kappa shape index (κ2) is 9.70. The van der Waals surface area contributed by atoms with E-state index in [1.165, 1.54) is 18.7 Å². The molecule has 0 saturated carbocycles. The molecule has 8 heteroatoms. The molecule has 1 aromatic carbocycles. The number of hydrogen-bond acceptors (Lipinski definition) is 5. The van der Waals surface area contributed by atoms with Crippen LogP contribution in [0.25, 0.3) is 0 Å². The number of ether oxygens (including phenoxy) is 1. The highest BCUT2D eigenvalue weighted by molar-refractivity contribution is 5.92. The summed E-state index contributed by atoms with van der Waals surface area (Å²) in [6.45, 7) is 3.37. The summed E-state index contributed by atoms with van der Waals surface area (Å²) < 4.78 is 5.30. The van der Waals surface area contributed by atoms with E-state index in [1.807, 2.05) is 30.3 Å². The summed E-state index contributed by atoms with van der Waals surface area (Å²) in [5.74, 6) is -1.03. The summed E-state index contributed by atoms with van der Waals surface area (Å²) in [7, 11) is 0. The molecule has 1 aliphatic rings. The van der Waals surface area contributed by atoms with Gasteiger partial charge in [0.2, 0.25) is 11.8 Å². The van der Waals surface area contributed by atoms with Crippen molar-refractivity contribution in [3.63, 3.8) is 0 Å². The Morgan fingerprint density at radius 1 is 1.22 bits per heavy atom. The van der Waals surface area contributed by atoms with Crippen molar-refractivity contribution in [2.24, 2.45) is 0 Å². The quantitative estimate of drug-likeness (QED) is 0.740. The summed E-state index contributed by atoms with van der Waals surface area (Å²) in [4.78, 5) is 49.0. The molecule has 1 saturated heterocycles. The topological polar surface area (TPSA) is 105 Å². The summed E-state index contributed by atoms with van der Waals surface area (Å²) in [5, 5.41) is 5.03. The van der Waals surface area contributed by atoms with Crippen molar-refractivity contribution < 1.29 is 23.9 Å². The predicted molar refractivity (Wildman–Crippen MR) is 97.7 cm³/mol. The maximum Gasteiger partial charge on any atom is 0.410 e. The smallest absolute Gasteiger partial charge is 0.410 e. The zero-order valence-corrected chi connectivity index (χ0v) is 15.6. The van der Waals surface area contributed by atoms with Crippen LogP contribution >= 0.6 is 0 Å². The van der Waals surface area contributed by atoms with E-state index in [0.717, 1.165) is 5.56 Å². The van der Waals surface area contributed by atoms with Crippen molar-refractivity contribution in [1.82, 2.24) is 15.5 Å². The molecule has 2 atom stereocenters. The monoisotopic (exact) mass is 375 g/mol. The van der Waals surface area contributed by atoms with Crippen molar-refractivity contribution in [3.05, 3.63) is 35.9 Å². The second-order valence-electron chi connectivity index (χ2n) is 6.54. The normalized spacial score (nSPS) is 17.1. The van der Waals surface area contributed by atoms with Gasteiger partial charge >= 0.3 is 6.09 Å². The van der Waals surface area contributed by atoms with Crippen LogP contribution in [0.5, 0.6) is 0 Å². The van der Waals surface area contributed by atoms with Gasteiger partial charge in [0, 0.05) is 6.54 Å². The fraction of sp³-hybridized carbons (Fsp3) is 0.474. The molecule has 0 spiro atoms. The summed E-state index contributed by atoms with van der Waals surface area (Å²) in [6, 6.07) is 7.81. The van der Waals surface area contributed by atoms with E-state index in [0.29, 0.717) is 19.4 Å². The molecule has 0 aromatic heterocycles. The van der Waals surface area contributed by atoms with Crippen LogP contribution in [-0.2, 0) is 25.7 Å². The van der Waals surface area contributed by atoms with Crippen LogP contribution in [0.2, 0.25) is 0 Å². The zero-order chi connectivity index (χ0) is 19.8. The first-order valence-electron chi connectivity index (χ1n) is 8.93. The van der Waals surface area contributed by atoms with Crippen molar-refractivity contribution in [3.8, 4) is 0 Å². The van der Waals surface area contributed by atoms with E-state index in [4.69, 9.17) is 4.74 Å². The van der Waals surface area contributed by atoms with E-state index in [-0.39, 0.29) is 18.9 Å². The molecule has 1 unspecified atom stereocenters. The Labute approximate surface area is 158 Å². The highest BCUT2D eigenvalue weighted by atomic mass is 16.6. The number of rotatable bonds is 7. The number of Topliss-reactive ketones (excluding diaryl/α,β-unsaturated/α-hetero) is 1. The molecule has 27 heavy (non-hydrogen) atoms. The average Bonchev–Trinajstić information content (AvgIpc) is 3.15. The standard InChI is InChI=1S/C19H25N3O5/c1-13(23)11-20-17(24)14(2)21-18(25)16-9-6-10-22(16)19(26)27-12-15-7-4-3-5-8-15/h3-5,7-8,14,16H,6,9-12H2,1-2H3,(H,20,24)(H,21,25)/t14-,16?/m0/s1. The first-order valence-corrected chi connectivity index (χ1v) is 8.93. The molecule has 0 bridgehead atoms. The van der Waals surface area contributed by atoms with Gasteiger partial charge in [-0.05, 0) is 32.3 Å². The van der Waals surface area contributed by atoms with Gasteiger partial charge in [-0.2, -0.15) is 0 Å². The Bertz CT molecular complexity index is 692. The number of benzene rings is 1. The van der Waals surface area contributed by atoms with Crippen molar-refractivity contribution in [2.75, 3.05) is 13.1 Å². The van der Waals surface area contributed by atoms with Crippen LogP contribution in [0.1, 0.15) is 32.3 Å². The predicted octanol–water partition coefficient (Wildman–Crippen LogP) is 0.998. The molecule has 3 amide bonds. The molecule has 8 nitrogen and oxygen atoms in total. The van der Waals surface area contributed by atoms with Crippen LogP contribution in [0.4, 0.5) is 4.79 Å².